The quantitative estimate of drug-likeness (QED) is 0.701. The number of hydrogen-bond acceptors (Lipinski definition) is 5. The molecule has 0 aromatic carbocycles. The monoisotopic (exact) mass is 253 g/mol. The Morgan fingerprint density at radius 2 is 2.22 bits per heavy atom. The fourth-order valence-electron chi connectivity index (χ4n) is 1.82. The number of aromatic nitrogens is 3. The molecule has 0 aliphatic carbocycles. The van der Waals surface area contributed by atoms with Gasteiger partial charge in [-0.25, -0.2) is 4.68 Å². The van der Waals surface area contributed by atoms with Gasteiger partial charge in [-0.1, -0.05) is 5.21 Å². The van der Waals surface area contributed by atoms with Crippen LogP contribution in [0, 0.1) is 0 Å². The van der Waals surface area contributed by atoms with Crippen LogP contribution in [-0.4, -0.2) is 63.1 Å². The molecule has 18 heavy (non-hydrogen) atoms. The zero-order valence-corrected chi connectivity index (χ0v) is 9.87. The molecule has 1 aliphatic heterocycles. The summed E-state index contributed by atoms with van der Waals surface area (Å²) in [6, 6.07) is 0. The van der Waals surface area contributed by atoms with E-state index < -0.39 is 5.97 Å². The second-order valence-corrected chi connectivity index (χ2v) is 4.09. The van der Waals surface area contributed by atoms with Crippen molar-refractivity contribution in [3.8, 4) is 0 Å². The Bertz CT molecular complexity index is 436. The van der Waals surface area contributed by atoms with E-state index in [4.69, 9.17) is 5.11 Å². The maximum Gasteiger partial charge on any atom is 0.325 e. The van der Waals surface area contributed by atoms with Crippen molar-refractivity contribution < 1.29 is 14.7 Å². The molecule has 0 unspecified atom stereocenters. The van der Waals surface area contributed by atoms with Crippen LogP contribution in [0.15, 0.2) is 6.20 Å². The molecule has 0 saturated carbocycles. The van der Waals surface area contributed by atoms with E-state index in [1.54, 1.807) is 4.90 Å². The summed E-state index contributed by atoms with van der Waals surface area (Å²) in [5.41, 5.74) is 0.193. The first-order valence-corrected chi connectivity index (χ1v) is 5.79. The Labute approximate surface area is 104 Å². The van der Waals surface area contributed by atoms with E-state index in [-0.39, 0.29) is 18.1 Å². The van der Waals surface area contributed by atoms with Crippen LogP contribution in [0.1, 0.15) is 16.9 Å². The van der Waals surface area contributed by atoms with Crippen molar-refractivity contribution in [3.05, 3.63) is 11.9 Å². The van der Waals surface area contributed by atoms with E-state index in [2.05, 4.69) is 15.6 Å². The number of rotatable bonds is 3. The third kappa shape index (κ3) is 3.04. The summed E-state index contributed by atoms with van der Waals surface area (Å²) in [5, 5.41) is 19.1. The lowest BCUT2D eigenvalue weighted by molar-refractivity contribution is -0.137. The first kappa shape index (κ1) is 12.5. The highest BCUT2D eigenvalue weighted by molar-refractivity contribution is 5.92. The number of carbonyl (C=O) groups excluding carboxylic acids is 1. The Hall–Kier alpha value is -1.96. The second-order valence-electron chi connectivity index (χ2n) is 4.09. The van der Waals surface area contributed by atoms with Gasteiger partial charge in [-0.2, -0.15) is 0 Å². The Morgan fingerprint density at radius 1 is 1.39 bits per heavy atom. The van der Waals surface area contributed by atoms with Crippen LogP contribution in [0.3, 0.4) is 0 Å². The zero-order chi connectivity index (χ0) is 13.0. The topological polar surface area (TPSA) is 100 Å². The highest BCUT2D eigenvalue weighted by atomic mass is 16.4. The fraction of sp³-hybridized carbons (Fsp3) is 0.600. The van der Waals surface area contributed by atoms with Crippen molar-refractivity contribution in [2.75, 3.05) is 26.2 Å². The van der Waals surface area contributed by atoms with E-state index in [0.717, 1.165) is 24.2 Å². The van der Waals surface area contributed by atoms with E-state index in [1.807, 2.05) is 0 Å². The van der Waals surface area contributed by atoms with Crippen molar-refractivity contribution in [3.63, 3.8) is 0 Å². The molecule has 0 atom stereocenters. The lowest BCUT2D eigenvalue weighted by Gasteiger charge is -2.17. The van der Waals surface area contributed by atoms with E-state index in [0.29, 0.717) is 13.1 Å². The van der Waals surface area contributed by atoms with Gasteiger partial charge in [0.05, 0.1) is 6.20 Å². The van der Waals surface area contributed by atoms with Crippen LogP contribution >= 0.6 is 0 Å². The largest absolute Gasteiger partial charge is 0.480 e. The molecule has 0 spiro atoms. The molecule has 1 aromatic rings. The molecule has 1 amide bonds. The normalized spacial score (nSPS) is 16.3. The van der Waals surface area contributed by atoms with Gasteiger partial charge in [0, 0.05) is 19.6 Å². The van der Waals surface area contributed by atoms with Crippen molar-refractivity contribution in [2.24, 2.45) is 0 Å². The third-order valence-corrected chi connectivity index (χ3v) is 2.68. The Kier molecular flexibility index (Phi) is 3.88. The molecule has 1 aliphatic rings. The third-order valence-electron chi connectivity index (χ3n) is 2.68. The molecular formula is C10H15N5O3. The number of carbonyl (C=O) groups is 2. The van der Waals surface area contributed by atoms with Crippen LogP contribution in [0.25, 0.3) is 0 Å². The molecule has 2 N–H and O–H groups in total. The van der Waals surface area contributed by atoms with Gasteiger partial charge in [0.2, 0.25) is 0 Å². The van der Waals surface area contributed by atoms with Gasteiger partial charge in [0.25, 0.3) is 5.91 Å². The minimum Gasteiger partial charge on any atom is -0.480 e. The average Bonchev–Trinajstić information content (AvgIpc) is 2.63. The summed E-state index contributed by atoms with van der Waals surface area (Å²) in [6.45, 7) is 2.68. The Balaban J connectivity index is 2.03. The summed E-state index contributed by atoms with van der Waals surface area (Å²) in [5.74, 6) is -1.21. The van der Waals surface area contributed by atoms with Crippen LogP contribution in [0.2, 0.25) is 0 Å². The molecule has 1 saturated heterocycles. The van der Waals surface area contributed by atoms with Gasteiger partial charge in [0.1, 0.15) is 6.54 Å². The number of hydrogen-bond donors (Lipinski definition) is 2. The molecule has 8 heteroatoms. The molecule has 2 rings (SSSR count). The number of aliphatic carboxylic acids is 1. The van der Waals surface area contributed by atoms with Gasteiger partial charge in [-0.3, -0.25) is 9.59 Å². The molecule has 0 bridgehead atoms. The zero-order valence-electron chi connectivity index (χ0n) is 9.87. The summed E-state index contributed by atoms with van der Waals surface area (Å²) in [4.78, 5) is 24.3. The minimum absolute atomic E-state index is 0.193. The second kappa shape index (κ2) is 5.58. The summed E-state index contributed by atoms with van der Waals surface area (Å²) >= 11 is 0. The fourth-order valence-corrected chi connectivity index (χ4v) is 1.82. The van der Waals surface area contributed by atoms with Crippen molar-refractivity contribution >= 4 is 11.9 Å². The SMILES string of the molecule is O=C(O)Cn1cc(C(=O)N2CCCNCC2)nn1. The number of nitrogens with zero attached hydrogens (tertiary/aromatic N) is 4. The molecule has 1 aromatic heterocycles. The number of carboxylic acids is 1. The maximum absolute atomic E-state index is 12.1. The van der Waals surface area contributed by atoms with Crippen molar-refractivity contribution in [2.45, 2.75) is 13.0 Å². The summed E-state index contributed by atoms with van der Waals surface area (Å²) in [7, 11) is 0. The van der Waals surface area contributed by atoms with Crippen LogP contribution in [0.5, 0.6) is 0 Å². The van der Waals surface area contributed by atoms with Gasteiger partial charge in [-0.05, 0) is 13.0 Å². The van der Waals surface area contributed by atoms with E-state index in [1.165, 1.54) is 6.20 Å². The predicted molar refractivity (Wildman–Crippen MR) is 61.0 cm³/mol. The van der Waals surface area contributed by atoms with Gasteiger partial charge in [-0.15, -0.1) is 5.10 Å². The maximum atomic E-state index is 12.1. The lowest BCUT2D eigenvalue weighted by atomic mass is 10.3. The molecule has 8 nitrogen and oxygen atoms in total. The molecular weight excluding hydrogens is 238 g/mol. The van der Waals surface area contributed by atoms with Crippen molar-refractivity contribution in [1.29, 1.82) is 0 Å². The minimum atomic E-state index is -1.02. The lowest BCUT2D eigenvalue weighted by Crippen LogP contribution is -2.34. The first-order valence-electron chi connectivity index (χ1n) is 5.79. The van der Waals surface area contributed by atoms with Gasteiger partial charge >= 0.3 is 5.97 Å². The molecule has 98 valence electrons. The summed E-state index contributed by atoms with van der Waals surface area (Å²) < 4.78 is 1.14. The van der Waals surface area contributed by atoms with Gasteiger partial charge in [0.15, 0.2) is 5.69 Å². The smallest absolute Gasteiger partial charge is 0.325 e. The van der Waals surface area contributed by atoms with Gasteiger partial charge < -0.3 is 15.3 Å². The van der Waals surface area contributed by atoms with Crippen LogP contribution in [0.4, 0.5) is 0 Å². The molecule has 1 fully saturated rings. The standard InChI is InChI=1S/C10H15N5O3/c16-9(17)7-15-6-8(12-13-15)10(18)14-4-1-2-11-3-5-14/h6,11H,1-5,7H2,(H,16,17). The Morgan fingerprint density at radius 3 is 3.00 bits per heavy atom. The van der Waals surface area contributed by atoms with Crippen LogP contribution in [-0.2, 0) is 11.3 Å². The average molecular weight is 253 g/mol. The van der Waals surface area contributed by atoms with Crippen molar-refractivity contribution in [1.82, 2.24) is 25.2 Å². The number of carboxylic acid groups (broad SMARTS) is 1. The highest BCUT2D eigenvalue weighted by Crippen LogP contribution is 2.03. The number of amides is 1. The molecule has 2 heterocycles. The van der Waals surface area contributed by atoms with E-state index in [9.17, 15) is 9.59 Å². The van der Waals surface area contributed by atoms with E-state index >= 15 is 0 Å². The highest BCUT2D eigenvalue weighted by Gasteiger charge is 2.20. The number of nitrogens with one attached hydrogen (secondary N) is 1. The molecule has 0 radical (unpaired) electrons. The summed E-state index contributed by atoms with van der Waals surface area (Å²) in [6.07, 6.45) is 2.27. The van der Waals surface area contributed by atoms with Crippen LogP contribution < -0.4 is 5.32 Å². The predicted octanol–water partition coefficient (Wildman–Crippen LogP) is -1.20. The first-order chi connectivity index (χ1) is 8.66.